The predicted octanol–water partition coefficient (Wildman–Crippen LogP) is 3.51. The van der Waals surface area contributed by atoms with E-state index in [1.54, 1.807) is 11.3 Å². The van der Waals surface area contributed by atoms with Gasteiger partial charge in [0.1, 0.15) is 5.52 Å². The number of aryl methyl sites for hydroxylation is 2. The van der Waals surface area contributed by atoms with Crippen LogP contribution in [0.5, 0.6) is 0 Å². The fraction of sp³-hybridized carbons (Fsp3) is 0.231. The van der Waals surface area contributed by atoms with Gasteiger partial charge in [0.25, 0.3) is 0 Å². The van der Waals surface area contributed by atoms with Gasteiger partial charge in [0, 0.05) is 23.7 Å². The van der Waals surface area contributed by atoms with Crippen molar-refractivity contribution < 1.29 is 4.42 Å². The number of hydrogen-bond donors (Lipinski definition) is 1. The van der Waals surface area contributed by atoms with E-state index in [0.717, 1.165) is 28.3 Å². The van der Waals surface area contributed by atoms with Crippen molar-refractivity contribution in [1.29, 1.82) is 0 Å². The standard InChI is InChI=1S/C13H13N3OS/c1-8-16-12-5-10(3-4-13(12)17-8)15-7-11-6-14-9(2)18-11/h3-6,15H,7H2,1-2H3. The van der Waals surface area contributed by atoms with E-state index in [1.165, 1.54) is 4.88 Å². The van der Waals surface area contributed by atoms with E-state index < -0.39 is 0 Å². The van der Waals surface area contributed by atoms with Gasteiger partial charge in [0.05, 0.1) is 11.6 Å². The van der Waals surface area contributed by atoms with Crippen LogP contribution in [0.15, 0.2) is 28.8 Å². The highest BCUT2D eigenvalue weighted by atomic mass is 32.1. The molecule has 0 amide bonds. The molecule has 0 saturated carbocycles. The summed E-state index contributed by atoms with van der Waals surface area (Å²) < 4.78 is 5.44. The van der Waals surface area contributed by atoms with E-state index in [1.807, 2.05) is 38.2 Å². The summed E-state index contributed by atoms with van der Waals surface area (Å²) in [5.41, 5.74) is 2.76. The Kier molecular flexibility index (Phi) is 2.76. The maximum atomic E-state index is 5.44. The molecule has 0 aliphatic carbocycles. The molecule has 0 aliphatic rings. The molecule has 92 valence electrons. The first-order valence-corrected chi connectivity index (χ1v) is 6.55. The summed E-state index contributed by atoms with van der Waals surface area (Å²) in [4.78, 5) is 9.78. The van der Waals surface area contributed by atoms with Crippen molar-refractivity contribution in [3.05, 3.63) is 40.2 Å². The molecule has 0 unspecified atom stereocenters. The molecule has 0 fully saturated rings. The summed E-state index contributed by atoms with van der Waals surface area (Å²) in [5.74, 6) is 0.695. The number of rotatable bonds is 3. The minimum Gasteiger partial charge on any atom is -0.441 e. The zero-order chi connectivity index (χ0) is 12.5. The van der Waals surface area contributed by atoms with Crippen molar-refractivity contribution in [2.24, 2.45) is 0 Å². The Morgan fingerprint density at radius 1 is 1.33 bits per heavy atom. The third-order valence-electron chi connectivity index (χ3n) is 2.63. The number of hydrogen-bond acceptors (Lipinski definition) is 5. The van der Waals surface area contributed by atoms with E-state index in [9.17, 15) is 0 Å². The lowest BCUT2D eigenvalue weighted by atomic mass is 10.3. The van der Waals surface area contributed by atoms with Crippen LogP contribution in [-0.2, 0) is 6.54 Å². The van der Waals surface area contributed by atoms with E-state index in [4.69, 9.17) is 4.42 Å². The summed E-state index contributed by atoms with van der Waals surface area (Å²) >= 11 is 1.71. The Morgan fingerprint density at radius 2 is 2.22 bits per heavy atom. The molecular formula is C13H13N3OS. The van der Waals surface area contributed by atoms with Gasteiger partial charge in [-0.05, 0) is 25.1 Å². The van der Waals surface area contributed by atoms with Gasteiger partial charge >= 0.3 is 0 Å². The number of nitrogens with zero attached hydrogens (tertiary/aromatic N) is 2. The van der Waals surface area contributed by atoms with Crippen molar-refractivity contribution in [2.45, 2.75) is 20.4 Å². The number of fused-ring (bicyclic) bond motifs is 1. The SMILES string of the molecule is Cc1nc2cc(NCc3cnc(C)s3)ccc2o1. The van der Waals surface area contributed by atoms with Gasteiger partial charge < -0.3 is 9.73 Å². The van der Waals surface area contributed by atoms with Crippen LogP contribution in [0.2, 0.25) is 0 Å². The number of anilines is 1. The van der Waals surface area contributed by atoms with E-state index in [-0.39, 0.29) is 0 Å². The summed E-state index contributed by atoms with van der Waals surface area (Å²) in [6, 6.07) is 5.94. The summed E-state index contributed by atoms with van der Waals surface area (Å²) in [7, 11) is 0. The van der Waals surface area contributed by atoms with Crippen molar-refractivity contribution in [2.75, 3.05) is 5.32 Å². The normalized spacial score (nSPS) is 11.0. The minimum absolute atomic E-state index is 0.695. The third-order valence-corrected chi connectivity index (χ3v) is 3.54. The molecule has 0 spiro atoms. The summed E-state index contributed by atoms with van der Waals surface area (Å²) in [5, 5.41) is 4.46. The number of aromatic nitrogens is 2. The third kappa shape index (κ3) is 2.22. The molecule has 1 aromatic carbocycles. The first-order chi connectivity index (χ1) is 8.70. The largest absolute Gasteiger partial charge is 0.441 e. The molecule has 0 bridgehead atoms. The highest BCUT2D eigenvalue weighted by Gasteiger charge is 2.03. The smallest absolute Gasteiger partial charge is 0.192 e. The van der Waals surface area contributed by atoms with Gasteiger partial charge in [0.15, 0.2) is 11.5 Å². The fourth-order valence-corrected chi connectivity index (χ4v) is 2.56. The monoisotopic (exact) mass is 259 g/mol. The molecule has 3 rings (SSSR count). The van der Waals surface area contributed by atoms with Gasteiger partial charge in [-0.2, -0.15) is 0 Å². The van der Waals surface area contributed by atoms with Crippen LogP contribution >= 0.6 is 11.3 Å². The van der Waals surface area contributed by atoms with Crippen LogP contribution in [0.4, 0.5) is 5.69 Å². The zero-order valence-electron chi connectivity index (χ0n) is 10.2. The van der Waals surface area contributed by atoms with Crippen LogP contribution in [-0.4, -0.2) is 9.97 Å². The van der Waals surface area contributed by atoms with Crippen LogP contribution in [0.1, 0.15) is 15.8 Å². The van der Waals surface area contributed by atoms with Crippen molar-refractivity contribution in [3.8, 4) is 0 Å². The van der Waals surface area contributed by atoms with Crippen molar-refractivity contribution in [3.63, 3.8) is 0 Å². The second-order valence-corrected chi connectivity index (χ2v) is 5.43. The molecule has 18 heavy (non-hydrogen) atoms. The fourth-order valence-electron chi connectivity index (χ4n) is 1.83. The van der Waals surface area contributed by atoms with Gasteiger partial charge in [-0.15, -0.1) is 11.3 Å². The van der Waals surface area contributed by atoms with E-state index in [2.05, 4.69) is 15.3 Å². The molecule has 0 aliphatic heterocycles. The van der Waals surface area contributed by atoms with E-state index in [0.29, 0.717) is 5.89 Å². The topological polar surface area (TPSA) is 51.0 Å². The van der Waals surface area contributed by atoms with Crippen LogP contribution in [0, 0.1) is 13.8 Å². The first kappa shape index (κ1) is 11.2. The number of benzene rings is 1. The minimum atomic E-state index is 0.695. The Balaban J connectivity index is 1.78. The summed E-state index contributed by atoms with van der Waals surface area (Å²) in [6.07, 6.45) is 1.91. The van der Waals surface area contributed by atoms with Gasteiger partial charge in [-0.3, -0.25) is 0 Å². The van der Waals surface area contributed by atoms with Crippen LogP contribution < -0.4 is 5.32 Å². The Labute approximate surface area is 109 Å². The lowest BCUT2D eigenvalue weighted by Crippen LogP contribution is -1.96. The Bertz CT molecular complexity index is 686. The average molecular weight is 259 g/mol. The van der Waals surface area contributed by atoms with E-state index >= 15 is 0 Å². The van der Waals surface area contributed by atoms with Gasteiger partial charge in [0.2, 0.25) is 0 Å². The molecule has 3 aromatic rings. The Hall–Kier alpha value is -1.88. The van der Waals surface area contributed by atoms with Gasteiger partial charge in [-0.25, -0.2) is 9.97 Å². The molecule has 2 aromatic heterocycles. The maximum Gasteiger partial charge on any atom is 0.192 e. The average Bonchev–Trinajstić information content (AvgIpc) is 2.90. The highest BCUT2D eigenvalue weighted by molar-refractivity contribution is 7.11. The molecule has 0 radical (unpaired) electrons. The van der Waals surface area contributed by atoms with Crippen LogP contribution in [0.25, 0.3) is 11.1 Å². The maximum absolute atomic E-state index is 5.44. The highest BCUT2D eigenvalue weighted by Crippen LogP contribution is 2.21. The first-order valence-electron chi connectivity index (χ1n) is 5.73. The molecule has 5 heteroatoms. The zero-order valence-corrected chi connectivity index (χ0v) is 11.0. The lowest BCUT2D eigenvalue weighted by Gasteiger charge is -2.03. The molecule has 2 heterocycles. The predicted molar refractivity (Wildman–Crippen MR) is 72.9 cm³/mol. The molecular weight excluding hydrogens is 246 g/mol. The molecule has 0 saturated heterocycles. The second kappa shape index (κ2) is 4.42. The quantitative estimate of drug-likeness (QED) is 0.782. The molecule has 1 N–H and O–H groups in total. The van der Waals surface area contributed by atoms with Crippen LogP contribution in [0.3, 0.4) is 0 Å². The summed E-state index contributed by atoms with van der Waals surface area (Å²) in [6.45, 7) is 4.65. The van der Waals surface area contributed by atoms with Gasteiger partial charge in [-0.1, -0.05) is 0 Å². The van der Waals surface area contributed by atoms with Crippen molar-refractivity contribution >= 4 is 28.1 Å². The number of nitrogens with one attached hydrogen (secondary N) is 1. The molecule has 0 atom stereocenters. The number of thiazole rings is 1. The Morgan fingerprint density at radius 3 is 3.00 bits per heavy atom. The number of oxazole rings is 1. The van der Waals surface area contributed by atoms with Crippen molar-refractivity contribution in [1.82, 2.24) is 9.97 Å². The molecule has 4 nitrogen and oxygen atoms in total. The lowest BCUT2D eigenvalue weighted by molar-refractivity contribution is 0.561. The second-order valence-electron chi connectivity index (χ2n) is 4.11.